The number of carboxylic acids is 1. The van der Waals surface area contributed by atoms with E-state index in [9.17, 15) is 9.90 Å². The molecule has 250 valence electrons. The maximum atomic E-state index is 11.3. The van der Waals surface area contributed by atoms with Crippen molar-refractivity contribution in [3.63, 3.8) is 0 Å². The highest BCUT2D eigenvalue weighted by Gasteiger charge is 2.26. The highest BCUT2D eigenvalue weighted by molar-refractivity contribution is 7.29. The molecule has 4 heterocycles. The van der Waals surface area contributed by atoms with Crippen LogP contribution in [0, 0.1) is 11.3 Å². The van der Waals surface area contributed by atoms with Gasteiger partial charge in [0.2, 0.25) is 0 Å². The fourth-order valence-electron chi connectivity index (χ4n) is 6.11. The lowest BCUT2D eigenvalue weighted by atomic mass is 10.1. The molecular weight excluding hydrogens is 713 g/mol. The minimum Gasteiger partial charge on any atom is -0.497 e. The number of nitriles is 1. The number of rotatable bonds is 10. The Morgan fingerprint density at radius 1 is 0.667 bits per heavy atom. The predicted octanol–water partition coefficient (Wildman–Crippen LogP) is 12.0. The lowest BCUT2D eigenvalue weighted by molar-refractivity contribution is -0.132. The van der Waals surface area contributed by atoms with Gasteiger partial charge >= 0.3 is 5.97 Å². The van der Waals surface area contributed by atoms with Crippen LogP contribution in [-0.4, -0.2) is 25.3 Å². The summed E-state index contributed by atoms with van der Waals surface area (Å²) in [5.41, 5.74) is 6.72. The van der Waals surface area contributed by atoms with Crippen LogP contribution >= 0.6 is 45.3 Å². The van der Waals surface area contributed by atoms with E-state index in [2.05, 4.69) is 77.7 Å². The molecule has 0 atom stereocenters. The van der Waals surface area contributed by atoms with Crippen LogP contribution in [0.2, 0.25) is 0 Å². The van der Waals surface area contributed by atoms with Crippen LogP contribution in [0.1, 0.15) is 16.0 Å². The van der Waals surface area contributed by atoms with Crippen LogP contribution in [0.3, 0.4) is 0 Å². The first-order valence-electron chi connectivity index (χ1n) is 15.9. The standard InChI is InChI=1S/C41H28N2O4S4/c1-46-31-11-7-29(8-12-31)43(30-9-13-32(47-2)14-10-30)28-5-3-24(4-6-28)34-17-18-36(49-34)38-22-26-19-25-21-37(50-39(25)40(26)51-38)35-16-15-33(48-35)20-27(23-42)41(44)45/h3-18,20-22H,19H2,1-2H3,(H,44,45)/b27-20-. The Kier molecular flexibility index (Phi) is 8.80. The van der Waals surface area contributed by atoms with Crippen LogP contribution in [0.25, 0.3) is 45.8 Å². The van der Waals surface area contributed by atoms with Crippen molar-refractivity contribution in [2.75, 3.05) is 19.1 Å². The molecular formula is C41H28N2O4S4. The summed E-state index contributed by atoms with van der Waals surface area (Å²) >= 11 is 6.95. The Bertz CT molecular complexity index is 2410. The van der Waals surface area contributed by atoms with E-state index in [1.54, 1.807) is 31.6 Å². The van der Waals surface area contributed by atoms with Gasteiger partial charge in [0.1, 0.15) is 23.1 Å². The number of nitrogens with zero attached hydrogens (tertiary/aromatic N) is 2. The van der Waals surface area contributed by atoms with Crippen molar-refractivity contribution in [2.24, 2.45) is 0 Å². The molecule has 8 rings (SSSR count). The summed E-state index contributed by atoms with van der Waals surface area (Å²) in [4.78, 5) is 22.9. The Hall–Kier alpha value is -5.44. The van der Waals surface area contributed by atoms with E-state index in [-0.39, 0.29) is 5.57 Å². The van der Waals surface area contributed by atoms with E-state index in [1.165, 1.54) is 63.4 Å². The topological polar surface area (TPSA) is 82.8 Å². The Labute approximate surface area is 311 Å². The number of hydrogen-bond donors (Lipinski definition) is 1. The molecule has 4 aromatic heterocycles. The Balaban J connectivity index is 1.03. The molecule has 3 aromatic carbocycles. The van der Waals surface area contributed by atoms with Crippen molar-refractivity contribution in [3.05, 3.63) is 131 Å². The van der Waals surface area contributed by atoms with Gasteiger partial charge in [-0.2, -0.15) is 5.26 Å². The summed E-state index contributed by atoms with van der Waals surface area (Å²) < 4.78 is 10.8. The highest BCUT2D eigenvalue weighted by atomic mass is 32.1. The number of anilines is 3. The fraction of sp³-hybridized carbons (Fsp3) is 0.0732. The molecule has 1 aliphatic rings. The average molecular weight is 741 g/mol. The molecule has 10 heteroatoms. The molecule has 51 heavy (non-hydrogen) atoms. The minimum absolute atomic E-state index is 0.261. The number of carbonyl (C=O) groups is 1. The van der Waals surface area contributed by atoms with E-state index in [0.29, 0.717) is 0 Å². The molecule has 0 unspecified atom stereocenters. The number of fused-ring (bicyclic) bond motifs is 3. The molecule has 6 nitrogen and oxygen atoms in total. The van der Waals surface area contributed by atoms with Crippen LogP contribution in [0.15, 0.2) is 115 Å². The normalized spacial score (nSPS) is 11.9. The molecule has 7 aromatic rings. The van der Waals surface area contributed by atoms with E-state index in [4.69, 9.17) is 14.7 Å². The minimum atomic E-state index is -1.21. The zero-order valence-electron chi connectivity index (χ0n) is 27.4. The van der Waals surface area contributed by atoms with Crippen molar-refractivity contribution >= 4 is 74.5 Å². The number of methoxy groups -OCH3 is 2. The molecule has 0 aliphatic heterocycles. The lowest BCUT2D eigenvalue weighted by Gasteiger charge is -2.26. The van der Waals surface area contributed by atoms with Gasteiger partial charge in [-0.3, -0.25) is 0 Å². The number of benzene rings is 3. The van der Waals surface area contributed by atoms with E-state index in [0.717, 1.165) is 44.7 Å². The summed E-state index contributed by atoms with van der Waals surface area (Å²) in [5, 5.41) is 18.3. The smallest absolute Gasteiger partial charge is 0.346 e. The molecule has 0 saturated carbocycles. The highest BCUT2D eigenvalue weighted by Crippen LogP contribution is 2.52. The van der Waals surface area contributed by atoms with E-state index in [1.807, 2.05) is 59.1 Å². The quantitative estimate of drug-likeness (QED) is 0.111. The first-order chi connectivity index (χ1) is 24.9. The zero-order chi connectivity index (χ0) is 35.1. The van der Waals surface area contributed by atoms with Crippen LogP contribution < -0.4 is 14.4 Å². The van der Waals surface area contributed by atoms with Gasteiger partial charge in [-0.15, -0.1) is 45.3 Å². The third kappa shape index (κ3) is 6.37. The third-order valence-electron chi connectivity index (χ3n) is 8.63. The van der Waals surface area contributed by atoms with Gasteiger partial charge in [-0.1, -0.05) is 12.1 Å². The SMILES string of the molecule is COc1ccc(N(c2ccc(OC)cc2)c2ccc(-c3ccc(-c4cc5c(s4)-c4sc(-c6ccc(/C=C(/C#N)C(=O)O)s6)cc4C5)s3)cc2)cc1. The van der Waals surface area contributed by atoms with Gasteiger partial charge in [0.05, 0.1) is 14.2 Å². The number of carboxylic acid groups (broad SMARTS) is 1. The molecule has 0 bridgehead atoms. The number of hydrogen-bond acceptors (Lipinski definition) is 9. The van der Waals surface area contributed by atoms with E-state index < -0.39 is 5.97 Å². The summed E-state index contributed by atoms with van der Waals surface area (Å²) in [7, 11) is 3.35. The lowest BCUT2D eigenvalue weighted by Crippen LogP contribution is -2.09. The molecule has 0 amide bonds. The second kappa shape index (κ2) is 13.7. The fourth-order valence-corrected chi connectivity index (χ4v) is 10.8. The Morgan fingerprint density at radius 2 is 1.16 bits per heavy atom. The van der Waals surface area contributed by atoms with Crippen LogP contribution in [0.5, 0.6) is 11.5 Å². The largest absolute Gasteiger partial charge is 0.497 e. The van der Waals surface area contributed by atoms with Gasteiger partial charge in [0, 0.05) is 62.5 Å². The summed E-state index contributed by atoms with van der Waals surface area (Å²) in [6, 6.07) is 39.5. The van der Waals surface area contributed by atoms with Crippen molar-refractivity contribution in [2.45, 2.75) is 6.42 Å². The maximum Gasteiger partial charge on any atom is 0.346 e. The third-order valence-corrected chi connectivity index (χ3v) is 13.7. The van der Waals surface area contributed by atoms with Crippen molar-refractivity contribution in [1.29, 1.82) is 5.26 Å². The molecule has 1 aliphatic carbocycles. The second-order valence-corrected chi connectivity index (χ2v) is 16.0. The second-order valence-electron chi connectivity index (χ2n) is 11.7. The first kappa shape index (κ1) is 32.7. The molecule has 0 spiro atoms. The summed E-state index contributed by atoms with van der Waals surface area (Å²) in [5.74, 6) is 0.412. The van der Waals surface area contributed by atoms with Gasteiger partial charge in [0.25, 0.3) is 0 Å². The molecule has 0 radical (unpaired) electrons. The summed E-state index contributed by atoms with van der Waals surface area (Å²) in [6.07, 6.45) is 2.34. The molecule has 0 saturated heterocycles. The van der Waals surface area contributed by atoms with Gasteiger partial charge in [-0.25, -0.2) is 4.79 Å². The van der Waals surface area contributed by atoms with Crippen LogP contribution in [0.4, 0.5) is 17.1 Å². The van der Waals surface area contributed by atoms with Crippen molar-refractivity contribution < 1.29 is 19.4 Å². The van der Waals surface area contributed by atoms with Gasteiger partial charge in [-0.05, 0) is 120 Å². The van der Waals surface area contributed by atoms with Gasteiger partial charge < -0.3 is 19.5 Å². The van der Waals surface area contributed by atoms with Crippen LogP contribution in [-0.2, 0) is 11.2 Å². The van der Waals surface area contributed by atoms with E-state index >= 15 is 0 Å². The Morgan fingerprint density at radius 3 is 1.67 bits per heavy atom. The number of ether oxygens (including phenoxy) is 2. The van der Waals surface area contributed by atoms with Crippen molar-refractivity contribution in [3.8, 4) is 57.3 Å². The molecule has 1 N–H and O–H groups in total. The maximum absolute atomic E-state index is 11.3. The zero-order valence-corrected chi connectivity index (χ0v) is 30.6. The molecule has 0 fully saturated rings. The van der Waals surface area contributed by atoms with Crippen molar-refractivity contribution in [1.82, 2.24) is 0 Å². The van der Waals surface area contributed by atoms with Gasteiger partial charge in [0.15, 0.2) is 0 Å². The first-order valence-corrected chi connectivity index (χ1v) is 19.2. The predicted molar refractivity (Wildman–Crippen MR) is 212 cm³/mol. The average Bonchev–Trinajstić information content (AvgIpc) is 4.00. The number of aliphatic carboxylic acids is 1. The number of thiophene rings is 4. The monoisotopic (exact) mass is 740 g/mol. The summed E-state index contributed by atoms with van der Waals surface area (Å²) in [6.45, 7) is 0.